The molecule has 0 radical (unpaired) electrons. The smallest absolute Gasteiger partial charge is 0.255 e. The Morgan fingerprint density at radius 1 is 1.31 bits per heavy atom. The number of pyridine rings is 1. The number of halogens is 2. The first kappa shape index (κ1) is 25.1. The number of primary amides is 1. The molecule has 0 aliphatic carbocycles. The number of aliphatic hydroxyl groups is 1. The molecule has 3 aromatic rings. The Morgan fingerprint density at radius 3 is 2.72 bits per heavy atom. The quantitative estimate of drug-likeness (QED) is 0.410. The van der Waals surface area contributed by atoms with Crippen molar-refractivity contribution in [3.63, 3.8) is 0 Å². The minimum absolute atomic E-state index is 0.0673. The third kappa shape index (κ3) is 5.31. The number of carbonyl (C=O) groups excluding carboxylic acids is 2. The molecule has 10 nitrogen and oxygen atoms in total. The SMILES string of the molecule is NC(=O)c1c(-c2ccc(Oc3ncc(Cl)cc3F)cc2)nn([C@@H]2CCCN(C(=O)/C=C/CO)C2)c1N. The van der Waals surface area contributed by atoms with E-state index in [2.05, 4.69) is 10.1 Å². The van der Waals surface area contributed by atoms with Crippen molar-refractivity contribution in [3.8, 4) is 22.9 Å². The van der Waals surface area contributed by atoms with E-state index >= 15 is 0 Å². The summed E-state index contributed by atoms with van der Waals surface area (Å²) in [5.74, 6) is -1.49. The molecule has 0 unspecified atom stereocenters. The Labute approximate surface area is 210 Å². The molecule has 4 rings (SSSR count). The summed E-state index contributed by atoms with van der Waals surface area (Å²) >= 11 is 5.72. The van der Waals surface area contributed by atoms with Crippen LogP contribution in [-0.2, 0) is 4.79 Å². The Morgan fingerprint density at radius 2 is 2.06 bits per heavy atom. The predicted octanol–water partition coefficient (Wildman–Crippen LogP) is 2.92. The van der Waals surface area contributed by atoms with Crippen LogP contribution in [0.15, 0.2) is 48.7 Å². The van der Waals surface area contributed by atoms with Crippen molar-refractivity contribution in [1.29, 1.82) is 0 Å². The minimum atomic E-state index is -0.740. The zero-order chi connectivity index (χ0) is 25.8. The van der Waals surface area contributed by atoms with Gasteiger partial charge in [-0.05, 0) is 43.2 Å². The normalized spacial score (nSPS) is 15.9. The summed E-state index contributed by atoms with van der Waals surface area (Å²) in [4.78, 5) is 30.1. The highest BCUT2D eigenvalue weighted by Gasteiger charge is 2.29. The summed E-state index contributed by atoms with van der Waals surface area (Å²) in [6.07, 6.45) is 5.38. The number of nitrogen functional groups attached to an aromatic ring is 1. The van der Waals surface area contributed by atoms with E-state index in [0.29, 0.717) is 37.2 Å². The molecule has 188 valence electrons. The van der Waals surface area contributed by atoms with Crippen molar-refractivity contribution in [1.82, 2.24) is 19.7 Å². The van der Waals surface area contributed by atoms with Crippen LogP contribution in [0.2, 0.25) is 5.02 Å². The number of piperidine rings is 1. The fraction of sp³-hybridized carbons (Fsp3) is 0.250. The molecule has 1 atom stereocenters. The number of ether oxygens (including phenoxy) is 1. The average molecular weight is 515 g/mol. The molecule has 12 heteroatoms. The standard InChI is InChI=1S/C24H24ClFN6O4/c25-15-11-18(26)24(29-12-15)36-17-7-5-14(6-8-17)21-20(23(28)35)22(27)32(30-21)16-3-1-9-31(13-16)19(34)4-2-10-33/h2,4-8,11-12,16,33H,1,3,9-10,13,27H2,(H2,28,35)/b4-2+/t16-/m1/s1. The average Bonchev–Trinajstić information content (AvgIpc) is 3.22. The maximum atomic E-state index is 14.0. The molecule has 0 spiro atoms. The fourth-order valence-corrected chi connectivity index (χ4v) is 4.20. The maximum Gasteiger partial charge on any atom is 0.255 e. The molecular weight excluding hydrogens is 491 g/mol. The molecule has 1 aliphatic rings. The fourth-order valence-electron chi connectivity index (χ4n) is 4.05. The molecule has 1 fully saturated rings. The number of nitrogens with zero attached hydrogens (tertiary/aromatic N) is 4. The molecule has 3 heterocycles. The van der Waals surface area contributed by atoms with Gasteiger partial charge >= 0.3 is 0 Å². The highest BCUT2D eigenvalue weighted by Crippen LogP contribution is 2.33. The molecular formula is C24H24ClFN6O4. The number of anilines is 1. The molecule has 1 aliphatic heterocycles. The summed E-state index contributed by atoms with van der Waals surface area (Å²) in [5.41, 5.74) is 12.8. The number of aromatic nitrogens is 3. The van der Waals surface area contributed by atoms with Crippen LogP contribution in [-0.4, -0.2) is 56.3 Å². The van der Waals surface area contributed by atoms with Crippen LogP contribution in [0.1, 0.15) is 29.2 Å². The second-order valence-electron chi connectivity index (χ2n) is 8.15. The van der Waals surface area contributed by atoms with E-state index in [1.165, 1.54) is 23.0 Å². The van der Waals surface area contributed by atoms with E-state index in [4.69, 9.17) is 32.9 Å². The van der Waals surface area contributed by atoms with Gasteiger partial charge in [-0.3, -0.25) is 9.59 Å². The minimum Gasteiger partial charge on any atom is -0.436 e. The number of aliphatic hydroxyl groups excluding tert-OH is 1. The number of hydrogen-bond donors (Lipinski definition) is 3. The predicted molar refractivity (Wildman–Crippen MR) is 131 cm³/mol. The van der Waals surface area contributed by atoms with Gasteiger partial charge in [0, 0.05) is 30.9 Å². The topological polar surface area (TPSA) is 150 Å². The zero-order valence-electron chi connectivity index (χ0n) is 19.1. The summed E-state index contributed by atoms with van der Waals surface area (Å²) < 4.78 is 21.0. The number of nitrogens with two attached hydrogens (primary N) is 2. The molecule has 2 aromatic heterocycles. The lowest BCUT2D eigenvalue weighted by molar-refractivity contribution is -0.127. The van der Waals surface area contributed by atoms with Crippen LogP contribution in [0.5, 0.6) is 11.6 Å². The van der Waals surface area contributed by atoms with Gasteiger partial charge in [0.1, 0.15) is 22.8 Å². The van der Waals surface area contributed by atoms with Gasteiger partial charge in [-0.1, -0.05) is 17.7 Å². The van der Waals surface area contributed by atoms with Crippen LogP contribution in [0, 0.1) is 5.82 Å². The number of carbonyl (C=O) groups is 2. The molecule has 1 aromatic carbocycles. The summed E-state index contributed by atoms with van der Waals surface area (Å²) in [5, 5.41) is 13.7. The number of rotatable bonds is 7. The first-order valence-electron chi connectivity index (χ1n) is 11.1. The van der Waals surface area contributed by atoms with Gasteiger partial charge < -0.3 is 26.2 Å². The monoisotopic (exact) mass is 514 g/mol. The number of benzene rings is 1. The first-order chi connectivity index (χ1) is 17.3. The van der Waals surface area contributed by atoms with Crippen molar-refractivity contribution in [2.24, 2.45) is 5.73 Å². The van der Waals surface area contributed by atoms with Crippen molar-refractivity contribution >= 4 is 29.2 Å². The largest absolute Gasteiger partial charge is 0.436 e. The number of likely N-dealkylation sites (tertiary alicyclic amines) is 1. The Kier molecular flexibility index (Phi) is 7.51. The highest BCUT2D eigenvalue weighted by molar-refractivity contribution is 6.30. The summed E-state index contributed by atoms with van der Waals surface area (Å²) in [6.45, 7) is 0.673. The van der Waals surface area contributed by atoms with Crippen LogP contribution in [0.3, 0.4) is 0 Å². The summed E-state index contributed by atoms with van der Waals surface area (Å²) in [7, 11) is 0. The second kappa shape index (κ2) is 10.8. The van der Waals surface area contributed by atoms with Gasteiger partial charge in [-0.15, -0.1) is 0 Å². The van der Waals surface area contributed by atoms with Gasteiger partial charge in [0.25, 0.3) is 11.8 Å². The number of hydrogen-bond acceptors (Lipinski definition) is 7. The van der Waals surface area contributed by atoms with Crippen molar-refractivity contribution < 1.29 is 23.8 Å². The lowest BCUT2D eigenvalue weighted by Gasteiger charge is -2.32. The molecule has 0 bridgehead atoms. The maximum absolute atomic E-state index is 14.0. The van der Waals surface area contributed by atoms with Crippen molar-refractivity contribution in [2.45, 2.75) is 18.9 Å². The molecule has 5 N–H and O–H groups in total. The van der Waals surface area contributed by atoms with Gasteiger partial charge in [-0.2, -0.15) is 5.10 Å². The Bertz CT molecular complexity index is 1310. The van der Waals surface area contributed by atoms with E-state index < -0.39 is 11.7 Å². The molecule has 1 saturated heterocycles. The van der Waals surface area contributed by atoms with Crippen molar-refractivity contribution in [3.05, 3.63) is 65.1 Å². The molecule has 0 saturated carbocycles. The van der Waals surface area contributed by atoms with E-state index in [0.717, 1.165) is 6.07 Å². The van der Waals surface area contributed by atoms with Gasteiger partial charge in [0.15, 0.2) is 5.82 Å². The van der Waals surface area contributed by atoms with Crippen LogP contribution in [0.25, 0.3) is 11.3 Å². The third-order valence-electron chi connectivity index (χ3n) is 5.73. The van der Waals surface area contributed by atoms with Crippen LogP contribution >= 0.6 is 11.6 Å². The third-order valence-corrected chi connectivity index (χ3v) is 5.94. The lowest BCUT2D eigenvalue weighted by Crippen LogP contribution is -2.40. The van der Waals surface area contributed by atoms with Crippen molar-refractivity contribution in [2.75, 3.05) is 25.4 Å². The molecule has 2 amide bonds. The second-order valence-corrected chi connectivity index (χ2v) is 8.59. The summed E-state index contributed by atoms with van der Waals surface area (Å²) in [6, 6.07) is 7.24. The number of amides is 2. The van der Waals surface area contributed by atoms with Gasteiger partial charge in [0.05, 0.1) is 17.7 Å². The van der Waals surface area contributed by atoms with E-state index in [1.54, 1.807) is 29.2 Å². The highest BCUT2D eigenvalue weighted by atomic mass is 35.5. The lowest BCUT2D eigenvalue weighted by atomic mass is 10.1. The van der Waals surface area contributed by atoms with E-state index in [1.807, 2.05) is 0 Å². The van der Waals surface area contributed by atoms with E-state index in [9.17, 15) is 14.0 Å². The van der Waals surface area contributed by atoms with Crippen LogP contribution < -0.4 is 16.2 Å². The Hall–Kier alpha value is -3.96. The first-order valence-corrected chi connectivity index (χ1v) is 11.5. The van der Waals surface area contributed by atoms with Crippen LogP contribution in [0.4, 0.5) is 10.2 Å². The van der Waals surface area contributed by atoms with Gasteiger partial charge in [0.2, 0.25) is 5.91 Å². The van der Waals surface area contributed by atoms with Gasteiger partial charge in [-0.25, -0.2) is 14.1 Å². The molecule has 36 heavy (non-hydrogen) atoms. The van der Waals surface area contributed by atoms with E-state index in [-0.39, 0.29) is 46.5 Å². The zero-order valence-corrected chi connectivity index (χ0v) is 19.9. The Balaban J connectivity index is 1.60.